The van der Waals surface area contributed by atoms with Crippen LogP contribution in [0.2, 0.25) is 0 Å². The number of aryl methyl sites for hydroxylation is 1. The van der Waals surface area contributed by atoms with Crippen molar-refractivity contribution in [2.75, 3.05) is 13.1 Å². The van der Waals surface area contributed by atoms with Crippen LogP contribution in [0.1, 0.15) is 44.3 Å². The largest absolute Gasteiger partial charge is 0.424 e. The molecule has 2 fully saturated rings. The van der Waals surface area contributed by atoms with E-state index in [1.807, 2.05) is 0 Å². The summed E-state index contributed by atoms with van der Waals surface area (Å²) in [6.45, 7) is -0.547. The van der Waals surface area contributed by atoms with Gasteiger partial charge in [-0.3, -0.25) is 19.3 Å². The maximum Gasteiger partial charge on any atom is 0.424 e. The van der Waals surface area contributed by atoms with Crippen LogP contribution >= 0.6 is 0 Å². The van der Waals surface area contributed by atoms with Crippen LogP contribution in [0.5, 0.6) is 0 Å². The first-order valence-corrected chi connectivity index (χ1v) is 9.95. The highest BCUT2D eigenvalue weighted by Crippen LogP contribution is 2.40. The Morgan fingerprint density at radius 2 is 1.83 bits per heavy atom. The van der Waals surface area contributed by atoms with E-state index in [1.54, 1.807) is 0 Å². The quantitative estimate of drug-likeness (QED) is 0.634. The van der Waals surface area contributed by atoms with Crippen LogP contribution < -0.4 is 5.32 Å². The Bertz CT molecular complexity index is 801. The molecule has 2 N–H and O–H groups in total. The Hall–Kier alpha value is -2.43. The number of alkyl halides is 3. The van der Waals surface area contributed by atoms with Crippen molar-refractivity contribution in [3.8, 4) is 0 Å². The summed E-state index contributed by atoms with van der Waals surface area (Å²) in [7, 11) is 1.33. The fraction of sp³-hybridized carbons (Fsp3) is 0.684. The summed E-state index contributed by atoms with van der Waals surface area (Å²) in [4.78, 5) is 41.5. The third kappa shape index (κ3) is 4.07. The second kappa shape index (κ2) is 8.37. The number of imide groups is 1. The molecule has 0 bridgehead atoms. The summed E-state index contributed by atoms with van der Waals surface area (Å²) in [6.07, 6.45) is -0.454. The van der Waals surface area contributed by atoms with Gasteiger partial charge in [-0.25, -0.2) is 4.98 Å². The molecule has 30 heavy (non-hydrogen) atoms. The Kier molecular flexibility index (Phi) is 6.21. The Morgan fingerprint density at radius 3 is 2.33 bits per heavy atom. The Labute approximate surface area is 171 Å². The molecular formula is C19H25F3N4O4. The first kappa shape index (κ1) is 22.3. The molecule has 0 spiro atoms. The number of hydrogen-bond donors (Lipinski definition) is 2. The molecule has 8 nitrogen and oxygen atoms in total. The third-order valence-corrected chi connectivity index (χ3v) is 5.96. The van der Waals surface area contributed by atoms with E-state index in [4.69, 9.17) is 0 Å². The van der Waals surface area contributed by atoms with E-state index in [0.717, 1.165) is 28.5 Å². The minimum absolute atomic E-state index is 0.0978. The molecule has 11 heteroatoms. The number of imidazole rings is 1. The van der Waals surface area contributed by atoms with Crippen molar-refractivity contribution >= 4 is 17.7 Å². The lowest BCUT2D eigenvalue weighted by atomic mass is 9.81. The van der Waals surface area contributed by atoms with Gasteiger partial charge in [0.25, 0.3) is 0 Å². The van der Waals surface area contributed by atoms with E-state index in [-0.39, 0.29) is 36.6 Å². The van der Waals surface area contributed by atoms with Crippen molar-refractivity contribution in [2.24, 2.45) is 18.9 Å². The van der Waals surface area contributed by atoms with Gasteiger partial charge in [0.2, 0.25) is 23.3 Å². The van der Waals surface area contributed by atoms with Crippen molar-refractivity contribution in [3.05, 3.63) is 18.2 Å². The molecule has 2 aliphatic rings. The van der Waals surface area contributed by atoms with Gasteiger partial charge in [0.15, 0.2) is 0 Å². The van der Waals surface area contributed by atoms with Gasteiger partial charge >= 0.3 is 6.18 Å². The third-order valence-electron chi connectivity index (χ3n) is 5.96. The number of hydrogen-bond acceptors (Lipinski definition) is 5. The maximum atomic E-state index is 13.5. The molecule has 0 radical (unpaired) electrons. The van der Waals surface area contributed by atoms with E-state index in [0.29, 0.717) is 12.8 Å². The summed E-state index contributed by atoms with van der Waals surface area (Å²) >= 11 is 0. The molecule has 1 aromatic heterocycles. The molecule has 3 unspecified atom stereocenters. The molecule has 3 atom stereocenters. The van der Waals surface area contributed by atoms with Gasteiger partial charge in [-0.05, 0) is 12.8 Å². The van der Waals surface area contributed by atoms with Gasteiger partial charge in [0.1, 0.15) is 5.82 Å². The lowest BCUT2D eigenvalue weighted by Gasteiger charge is -2.30. The molecule has 166 valence electrons. The van der Waals surface area contributed by atoms with Crippen LogP contribution in [0.3, 0.4) is 0 Å². The van der Waals surface area contributed by atoms with Gasteiger partial charge in [0.05, 0.1) is 11.8 Å². The number of amides is 3. The van der Waals surface area contributed by atoms with Crippen molar-refractivity contribution in [3.63, 3.8) is 0 Å². The number of carbonyl (C=O) groups is 3. The summed E-state index contributed by atoms with van der Waals surface area (Å²) < 4.78 is 41.4. The van der Waals surface area contributed by atoms with E-state index in [9.17, 15) is 32.7 Å². The fourth-order valence-electron chi connectivity index (χ4n) is 4.28. The predicted molar refractivity (Wildman–Crippen MR) is 97.6 cm³/mol. The molecule has 0 aromatic carbocycles. The second-order valence-electron chi connectivity index (χ2n) is 7.90. The number of nitrogens with zero attached hydrogens (tertiary/aromatic N) is 3. The number of carbonyl (C=O) groups excluding carboxylic acids is 3. The van der Waals surface area contributed by atoms with E-state index in [2.05, 4.69) is 10.3 Å². The van der Waals surface area contributed by atoms with Crippen LogP contribution in [0.25, 0.3) is 0 Å². The molecule has 1 aromatic rings. The summed E-state index contributed by atoms with van der Waals surface area (Å²) in [6, 6.07) is 0. The van der Waals surface area contributed by atoms with Crippen molar-refractivity contribution in [2.45, 2.75) is 50.3 Å². The SMILES string of the molecule is Cn1ccnc1C(O)(CCNC(=O)CCN1C(=O)C2CCCCC2C1=O)C(F)(F)F. The molecule has 2 heterocycles. The topological polar surface area (TPSA) is 105 Å². The zero-order valence-electron chi connectivity index (χ0n) is 16.6. The van der Waals surface area contributed by atoms with Crippen molar-refractivity contribution < 1.29 is 32.7 Å². The van der Waals surface area contributed by atoms with Crippen LogP contribution in [0.15, 0.2) is 12.4 Å². The highest BCUT2D eigenvalue weighted by atomic mass is 19.4. The first-order chi connectivity index (χ1) is 14.1. The van der Waals surface area contributed by atoms with Gasteiger partial charge < -0.3 is 15.0 Å². The highest BCUT2D eigenvalue weighted by Gasteiger charge is 2.57. The normalized spacial score (nSPS) is 24.0. The second-order valence-corrected chi connectivity index (χ2v) is 7.90. The molecule has 1 aliphatic heterocycles. The zero-order chi connectivity index (χ0) is 22.1. The van der Waals surface area contributed by atoms with Crippen LogP contribution in [0.4, 0.5) is 13.2 Å². The number of rotatable bonds is 7. The molecular weight excluding hydrogens is 405 g/mol. The number of nitrogens with one attached hydrogen (secondary N) is 1. The average Bonchev–Trinajstić information content (AvgIpc) is 3.22. The lowest BCUT2D eigenvalue weighted by molar-refractivity contribution is -0.272. The average molecular weight is 430 g/mol. The monoisotopic (exact) mass is 430 g/mol. The molecule has 1 saturated heterocycles. The van der Waals surface area contributed by atoms with E-state index >= 15 is 0 Å². The predicted octanol–water partition coefficient (Wildman–Crippen LogP) is 1.24. The molecule has 1 aliphatic carbocycles. The van der Waals surface area contributed by atoms with Crippen LogP contribution in [-0.4, -0.2) is 56.5 Å². The van der Waals surface area contributed by atoms with Gasteiger partial charge in [-0.1, -0.05) is 12.8 Å². The number of aliphatic hydroxyl groups is 1. The number of halogens is 3. The molecule has 3 rings (SSSR count). The standard InChI is InChI=1S/C19H25F3N4O4/c1-25-11-9-24-17(25)18(30,19(20,21)22)7-8-23-14(27)6-10-26-15(28)12-4-2-3-5-13(12)16(26)29/h9,11-13,30H,2-8,10H2,1H3,(H,23,27). The summed E-state index contributed by atoms with van der Waals surface area (Å²) in [5.41, 5.74) is -3.21. The zero-order valence-corrected chi connectivity index (χ0v) is 16.6. The Balaban J connectivity index is 1.53. The first-order valence-electron chi connectivity index (χ1n) is 9.95. The smallest absolute Gasteiger partial charge is 0.374 e. The Morgan fingerprint density at radius 1 is 1.23 bits per heavy atom. The number of likely N-dealkylation sites (tertiary alicyclic amines) is 1. The van der Waals surface area contributed by atoms with Gasteiger partial charge in [-0.15, -0.1) is 0 Å². The lowest BCUT2D eigenvalue weighted by Crippen LogP contribution is -2.46. The van der Waals surface area contributed by atoms with E-state index in [1.165, 1.54) is 13.2 Å². The minimum Gasteiger partial charge on any atom is -0.374 e. The highest BCUT2D eigenvalue weighted by molar-refractivity contribution is 6.05. The summed E-state index contributed by atoms with van der Waals surface area (Å²) in [5.74, 6) is -2.32. The minimum atomic E-state index is -4.98. The van der Waals surface area contributed by atoms with Gasteiger partial charge in [0, 0.05) is 45.4 Å². The number of fused-ring (bicyclic) bond motifs is 1. The number of aromatic nitrogens is 2. The van der Waals surface area contributed by atoms with Crippen LogP contribution in [-0.2, 0) is 27.0 Å². The van der Waals surface area contributed by atoms with Crippen molar-refractivity contribution in [1.82, 2.24) is 19.8 Å². The van der Waals surface area contributed by atoms with Crippen molar-refractivity contribution in [1.29, 1.82) is 0 Å². The van der Waals surface area contributed by atoms with Crippen LogP contribution in [0, 0.1) is 11.8 Å². The summed E-state index contributed by atoms with van der Waals surface area (Å²) in [5, 5.41) is 12.6. The van der Waals surface area contributed by atoms with Gasteiger partial charge in [-0.2, -0.15) is 13.2 Å². The fourth-order valence-corrected chi connectivity index (χ4v) is 4.28. The van der Waals surface area contributed by atoms with E-state index < -0.39 is 36.5 Å². The molecule has 3 amide bonds. The molecule has 1 saturated carbocycles. The maximum absolute atomic E-state index is 13.5.